The summed E-state index contributed by atoms with van der Waals surface area (Å²) in [5, 5.41) is 2.90. The molecule has 1 aliphatic carbocycles. The lowest BCUT2D eigenvalue weighted by Gasteiger charge is -2.32. The number of nitrogens with one attached hydrogen (secondary N) is 1. The van der Waals surface area contributed by atoms with Crippen LogP contribution in [0.5, 0.6) is 0 Å². The van der Waals surface area contributed by atoms with Gasteiger partial charge in [-0.1, -0.05) is 34.8 Å². The average Bonchev–Trinajstić information content (AvgIpc) is 3.30. The zero-order valence-electron chi connectivity index (χ0n) is 19.0. The van der Waals surface area contributed by atoms with Gasteiger partial charge in [0, 0.05) is 30.7 Å². The van der Waals surface area contributed by atoms with E-state index in [9.17, 15) is 22.4 Å². The van der Waals surface area contributed by atoms with Gasteiger partial charge in [-0.2, -0.15) is 4.31 Å². The number of benzene rings is 2. The van der Waals surface area contributed by atoms with E-state index >= 15 is 0 Å². The molecule has 0 radical (unpaired) electrons. The quantitative estimate of drug-likeness (QED) is 0.563. The number of carbonyl (C=O) groups excluding carboxylic acids is 2. The molecule has 1 unspecified atom stereocenters. The van der Waals surface area contributed by atoms with Crippen LogP contribution in [-0.2, 0) is 14.8 Å². The Bertz CT molecular complexity index is 1290. The molecule has 0 spiro atoms. The van der Waals surface area contributed by atoms with E-state index in [4.69, 9.17) is 40.5 Å². The summed E-state index contributed by atoms with van der Waals surface area (Å²) in [7, 11) is -4.32. The van der Waals surface area contributed by atoms with Gasteiger partial charge in [0.15, 0.2) is 6.17 Å². The second kappa shape index (κ2) is 10.8. The van der Waals surface area contributed by atoms with Gasteiger partial charge in [-0.15, -0.1) is 0 Å². The molecule has 1 atom stereocenters. The number of sulfonamides is 1. The molecule has 36 heavy (non-hydrogen) atoms. The highest BCUT2D eigenvalue weighted by atomic mass is 35.5. The van der Waals surface area contributed by atoms with Crippen molar-refractivity contribution in [3.05, 3.63) is 62.8 Å². The van der Waals surface area contributed by atoms with E-state index in [2.05, 4.69) is 5.32 Å². The Labute approximate surface area is 223 Å². The molecule has 194 valence electrons. The molecule has 0 bridgehead atoms. The van der Waals surface area contributed by atoms with Crippen molar-refractivity contribution in [1.82, 2.24) is 14.5 Å². The van der Waals surface area contributed by atoms with Gasteiger partial charge in [0.05, 0.1) is 20.0 Å². The highest BCUT2D eigenvalue weighted by molar-refractivity contribution is 7.89. The van der Waals surface area contributed by atoms with Gasteiger partial charge in [-0.3, -0.25) is 9.59 Å². The number of amides is 2. The average molecular weight is 578 g/mol. The fourth-order valence-electron chi connectivity index (χ4n) is 4.45. The smallest absolute Gasteiger partial charge is 0.259 e. The van der Waals surface area contributed by atoms with Crippen LogP contribution >= 0.6 is 34.8 Å². The standard InChI is InChI=1S/C23H24Cl3FN4O4S/c24-17-7-1-13(11-18(17)25)23(33)30-9-10-31(36(34,35)16-6-8-20(27)19(26)12-16)22(30)21(32)29-15-4-2-14(28)3-5-15/h1,6-8,11-12,14-15,22H,2-5,9-10,28H2,(H,29,32). The van der Waals surface area contributed by atoms with Crippen LogP contribution in [0.15, 0.2) is 41.3 Å². The predicted octanol–water partition coefficient (Wildman–Crippen LogP) is 3.64. The number of nitrogens with zero attached hydrogens (tertiary/aromatic N) is 2. The van der Waals surface area contributed by atoms with Crippen molar-refractivity contribution in [2.75, 3.05) is 13.1 Å². The molecular weight excluding hydrogens is 554 g/mol. The summed E-state index contributed by atoms with van der Waals surface area (Å²) in [5.41, 5.74) is 6.10. The largest absolute Gasteiger partial charge is 0.350 e. The minimum absolute atomic E-state index is 0.0532. The van der Waals surface area contributed by atoms with E-state index in [-0.39, 0.29) is 50.7 Å². The van der Waals surface area contributed by atoms with Gasteiger partial charge in [0.25, 0.3) is 11.8 Å². The van der Waals surface area contributed by atoms with Crippen LogP contribution in [0.3, 0.4) is 0 Å². The van der Waals surface area contributed by atoms with Crippen LogP contribution in [0.2, 0.25) is 15.1 Å². The summed E-state index contributed by atoms with van der Waals surface area (Å²) in [6.45, 7) is -0.209. The molecule has 2 amide bonds. The number of carbonyl (C=O) groups is 2. The van der Waals surface area contributed by atoms with E-state index in [1.165, 1.54) is 23.1 Å². The molecule has 8 nitrogen and oxygen atoms in total. The van der Waals surface area contributed by atoms with Gasteiger partial charge in [0.1, 0.15) is 5.82 Å². The molecule has 4 rings (SSSR count). The van der Waals surface area contributed by atoms with Crippen molar-refractivity contribution in [3.63, 3.8) is 0 Å². The van der Waals surface area contributed by atoms with E-state index in [0.29, 0.717) is 12.8 Å². The van der Waals surface area contributed by atoms with E-state index in [1.54, 1.807) is 0 Å². The maximum absolute atomic E-state index is 13.7. The van der Waals surface area contributed by atoms with Crippen molar-refractivity contribution in [2.45, 2.75) is 48.8 Å². The summed E-state index contributed by atoms with van der Waals surface area (Å²) in [6.07, 6.45) is 1.24. The first-order valence-electron chi connectivity index (χ1n) is 11.3. The maximum Gasteiger partial charge on any atom is 0.259 e. The number of hydrogen-bond donors (Lipinski definition) is 2. The van der Waals surface area contributed by atoms with Crippen molar-refractivity contribution < 1.29 is 22.4 Å². The summed E-state index contributed by atoms with van der Waals surface area (Å²) >= 11 is 17.9. The summed E-state index contributed by atoms with van der Waals surface area (Å²) in [6, 6.07) is 7.09. The first-order valence-corrected chi connectivity index (χ1v) is 13.9. The first-order chi connectivity index (χ1) is 17.0. The third-order valence-corrected chi connectivity index (χ3v) is 9.29. The molecule has 2 aromatic carbocycles. The van der Waals surface area contributed by atoms with E-state index < -0.39 is 33.8 Å². The lowest BCUT2D eigenvalue weighted by atomic mass is 9.92. The van der Waals surface area contributed by atoms with Crippen LogP contribution in [-0.4, -0.2) is 60.8 Å². The molecule has 2 aliphatic rings. The molecule has 1 aliphatic heterocycles. The van der Waals surface area contributed by atoms with Crippen molar-refractivity contribution in [1.29, 1.82) is 0 Å². The molecule has 1 saturated heterocycles. The molecule has 3 N–H and O–H groups in total. The highest BCUT2D eigenvalue weighted by Crippen LogP contribution is 2.30. The van der Waals surface area contributed by atoms with Crippen molar-refractivity contribution in [2.24, 2.45) is 5.73 Å². The van der Waals surface area contributed by atoms with Gasteiger partial charge >= 0.3 is 0 Å². The fraction of sp³-hybridized carbons (Fsp3) is 0.391. The predicted molar refractivity (Wildman–Crippen MR) is 135 cm³/mol. The lowest BCUT2D eigenvalue weighted by molar-refractivity contribution is -0.128. The molecule has 2 fully saturated rings. The van der Waals surface area contributed by atoms with Crippen molar-refractivity contribution in [3.8, 4) is 0 Å². The van der Waals surface area contributed by atoms with Crippen LogP contribution in [0.1, 0.15) is 36.0 Å². The topological polar surface area (TPSA) is 113 Å². The van der Waals surface area contributed by atoms with Crippen LogP contribution in [0.25, 0.3) is 0 Å². The van der Waals surface area contributed by atoms with E-state index in [1.807, 2.05) is 0 Å². The van der Waals surface area contributed by atoms with Gasteiger partial charge < -0.3 is 16.0 Å². The third kappa shape index (κ3) is 5.49. The second-order valence-electron chi connectivity index (χ2n) is 8.81. The first kappa shape index (κ1) is 27.1. The Morgan fingerprint density at radius 1 is 0.944 bits per heavy atom. The normalized spacial score (nSPS) is 23.0. The second-order valence-corrected chi connectivity index (χ2v) is 11.9. The Balaban J connectivity index is 1.68. The molecule has 13 heteroatoms. The monoisotopic (exact) mass is 576 g/mol. The zero-order chi connectivity index (χ0) is 26.2. The Hall–Kier alpha value is -1.95. The number of rotatable bonds is 5. The number of halogens is 4. The Morgan fingerprint density at radius 2 is 1.64 bits per heavy atom. The Kier molecular flexibility index (Phi) is 8.13. The zero-order valence-corrected chi connectivity index (χ0v) is 22.0. The van der Waals surface area contributed by atoms with Crippen LogP contribution in [0.4, 0.5) is 4.39 Å². The van der Waals surface area contributed by atoms with Crippen molar-refractivity contribution >= 4 is 56.6 Å². The summed E-state index contributed by atoms with van der Waals surface area (Å²) in [4.78, 5) is 27.8. The SMILES string of the molecule is NC1CCC(NC(=O)C2N(C(=O)c3ccc(Cl)c(Cl)c3)CCN2S(=O)(=O)c2ccc(F)c(Cl)c2)CC1. The van der Waals surface area contributed by atoms with Crippen LogP contribution < -0.4 is 11.1 Å². The van der Waals surface area contributed by atoms with Gasteiger partial charge in [0.2, 0.25) is 10.0 Å². The molecule has 2 aromatic rings. The van der Waals surface area contributed by atoms with Crippen LogP contribution in [0, 0.1) is 5.82 Å². The highest BCUT2D eigenvalue weighted by Gasteiger charge is 2.47. The minimum atomic E-state index is -4.32. The Morgan fingerprint density at radius 3 is 2.28 bits per heavy atom. The number of nitrogens with two attached hydrogens (primary N) is 1. The summed E-state index contributed by atoms with van der Waals surface area (Å²) < 4.78 is 41.7. The molecule has 1 heterocycles. The van der Waals surface area contributed by atoms with Gasteiger partial charge in [-0.25, -0.2) is 12.8 Å². The molecule has 0 aromatic heterocycles. The minimum Gasteiger partial charge on any atom is -0.350 e. The van der Waals surface area contributed by atoms with Gasteiger partial charge in [-0.05, 0) is 62.1 Å². The summed E-state index contributed by atoms with van der Waals surface area (Å²) in [5.74, 6) is -2.01. The maximum atomic E-state index is 13.7. The fourth-order valence-corrected chi connectivity index (χ4v) is 6.57. The molecule has 1 saturated carbocycles. The lowest BCUT2D eigenvalue weighted by Crippen LogP contribution is -2.56. The molecular formula is C23H24Cl3FN4O4S. The third-order valence-electron chi connectivity index (χ3n) is 6.41. The number of hydrogen-bond acceptors (Lipinski definition) is 5. The van der Waals surface area contributed by atoms with E-state index in [0.717, 1.165) is 35.3 Å².